The van der Waals surface area contributed by atoms with E-state index in [9.17, 15) is 19.7 Å². The number of nitrogen functional groups attached to an aromatic ring is 1. The number of ether oxygens (including phenoxy) is 1. The lowest BCUT2D eigenvalue weighted by Gasteiger charge is -2.19. The van der Waals surface area contributed by atoms with Gasteiger partial charge in [-0.2, -0.15) is 0 Å². The van der Waals surface area contributed by atoms with Gasteiger partial charge in [0.2, 0.25) is 0 Å². The molecular formula is C20H23N3O5. The van der Waals surface area contributed by atoms with Crippen molar-refractivity contribution in [3.05, 3.63) is 63.2 Å². The van der Waals surface area contributed by atoms with Gasteiger partial charge in [0, 0.05) is 11.8 Å². The molecule has 2 rings (SSSR count). The summed E-state index contributed by atoms with van der Waals surface area (Å²) < 4.78 is 5.17. The minimum atomic E-state index is -1.09. The van der Waals surface area contributed by atoms with Crippen molar-refractivity contribution in [2.75, 3.05) is 11.1 Å². The van der Waals surface area contributed by atoms with Gasteiger partial charge in [-0.25, -0.2) is 4.79 Å². The average molecular weight is 385 g/mol. The van der Waals surface area contributed by atoms with Crippen LogP contribution in [0.4, 0.5) is 17.1 Å². The number of amides is 1. The number of nitro benzene ring substituents is 1. The highest BCUT2D eigenvalue weighted by atomic mass is 16.6. The second-order valence-corrected chi connectivity index (χ2v) is 6.76. The van der Waals surface area contributed by atoms with Gasteiger partial charge in [-0.15, -0.1) is 0 Å². The Balaban J connectivity index is 2.14. The maximum atomic E-state index is 12.5. The monoisotopic (exact) mass is 385 g/mol. The van der Waals surface area contributed by atoms with Gasteiger partial charge in [0.15, 0.2) is 6.10 Å². The fourth-order valence-corrected chi connectivity index (χ4v) is 2.68. The molecule has 2 aromatic carbocycles. The third-order valence-corrected chi connectivity index (χ3v) is 4.29. The van der Waals surface area contributed by atoms with E-state index in [1.807, 2.05) is 39.0 Å². The molecule has 148 valence electrons. The van der Waals surface area contributed by atoms with Crippen molar-refractivity contribution in [2.24, 2.45) is 0 Å². The van der Waals surface area contributed by atoms with E-state index in [1.165, 1.54) is 19.1 Å². The fraction of sp³-hybridized carbons (Fsp3) is 0.300. The first-order valence-electron chi connectivity index (χ1n) is 8.77. The highest BCUT2D eigenvalue weighted by Gasteiger charge is 2.23. The van der Waals surface area contributed by atoms with Gasteiger partial charge in [-0.05, 0) is 43.0 Å². The third kappa shape index (κ3) is 4.64. The first-order valence-corrected chi connectivity index (χ1v) is 8.77. The van der Waals surface area contributed by atoms with E-state index < -0.39 is 28.6 Å². The van der Waals surface area contributed by atoms with Crippen LogP contribution < -0.4 is 11.1 Å². The minimum Gasteiger partial charge on any atom is -0.449 e. The Morgan fingerprint density at radius 3 is 2.46 bits per heavy atom. The zero-order chi connectivity index (χ0) is 21.0. The van der Waals surface area contributed by atoms with Crippen LogP contribution in [0.2, 0.25) is 0 Å². The number of aryl methyl sites for hydroxylation is 1. The number of para-hydroxylation sites is 1. The first kappa shape index (κ1) is 20.9. The van der Waals surface area contributed by atoms with Crippen LogP contribution in [-0.2, 0) is 9.53 Å². The molecule has 0 bridgehead atoms. The van der Waals surface area contributed by atoms with Gasteiger partial charge in [-0.3, -0.25) is 14.9 Å². The van der Waals surface area contributed by atoms with Crippen LogP contribution in [0.15, 0.2) is 36.4 Å². The largest absolute Gasteiger partial charge is 0.449 e. The summed E-state index contributed by atoms with van der Waals surface area (Å²) in [6.07, 6.45) is -1.09. The molecule has 0 aliphatic carbocycles. The summed E-state index contributed by atoms with van der Waals surface area (Å²) in [7, 11) is 0. The standard InChI is InChI=1S/C20H23N3O5/c1-11(2)15-7-5-6-12(3)18(15)22-19(24)13(4)28-20(25)14-8-9-16(21)17(10-14)23(26)27/h5-11,13H,21H2,1-4H3,(H,22,24)/t13-/m0/s1. The molecular weight excluding hydrogens is 362 g/mol. The number of nitro groups is 1. The van der Waals surface area contributed by atoms with Crippen molar-refractivity contribution >= 4 is 28.9 Å². The van der Waals surface area contributed by atoms with Gasteiger partial charge in [0.05, 0.1) is 10.5 Å². The van der Waals surface area contributed by atoms with E-state index in [-0.39, 0.29) is 17.2 Å². The SMILES string of the molecule is Cc1cccc(C(C)C)c1NC(=O)[C@H](C)OC(=O)c1ccc(N)c([N+](=O)[O-])c1. The Labute approximate surface area is 162 Å². The molecule has 8 nitrogen and oxygen atoms in total. The molecule has 28 heavy (non-hydrogen) atoms. The van der Waals surface area contributed by atoms with E-state index in [0.29, 0.717) is 5.69 Å². The summed E-state index contributed by atoms with van der Waals surface area (Å²) in [6, 6.07) is 9.32. The molecule has 0 saturated heterocycles. The van der Waals surface area contributed by atoms with Crippen LogP contribution in [0.5, 0.6) is 0 Å². The number of nitrogens with two attached hydrogens (primary N) is 1. The summed E-state index contributed by atoms with van der Waals surface area (Å²) >= 11 is 0. The molecule has 0 aliphatic heterocycles. The maximum absolute atomic E-state index is 12.5. The molecule has 0 unspecified atom stereocenters. The summed E-state index contributed by atoms with van der Waals surface area (Å²) in [5.41, 5.74) is 7.56. The summed E-state index contributed by atoms with van der Waals surface area (Å²) in [5, 5.41) is 13.8. The second kappa shape index (κ2) is 8.51. The molecule has 0 aliphatic rings. The average Bonchev–Trinajstić information content (AvgIpc) is 2.62. The van der Waals surface area contributed by atoms with E-state index in [4.69, 9.17) is 10.5 Å². The molecule has 0 saturated carbocycles. The first-order chi connectivity index (χ1) is 13.1. The Hall–Kier alpha value is -3.42. The van der Waals surface area contributed by atoms with Crippen LogP contribution in [0.3, 0.4) is 0 Å². The number of carbonyl (C=O) groups is 2. The number of nitrogens with zero attached hydrogens (tertiary/aromatic N) is 1. The quantitative estimate of drug-likeness (QED) is 0.337. The summed E-state index contributed by atoms with van der Waals surface area (Å²) in [4.78, 5) is 35.1. The highest BCUT2D eigenvalue weighted by molar-refractivity contribution is 5.98. The number of esters is 1. The smallest absolute Gasteiger partial charge is 0.339 e. The van der Waals surface area contributed by atoms with Gasteiger partial charge >= 0.3 is 5.97 Å². The number of benzene rings is 2. The Bertz CT molecular complexity index is 924. The van der Waals surface area contributed by atoms with E-state index in [2.05, 4.69) is 5.32 Å². The number of anilines is 2. The zero-order valence-electron chi connectivity index (χ0n) is 16.2. The van der Waals surface area contributed by atoms with Crippen molar-refractivity contribution in [1.82, 2.24) is 0 Å². The summed E-state index contributed by atoms with van der Waals surface area (Å²) in [6.45, 7) is 7.35. The Kier molecular flexibility index (Phi) is 6.35. The number of hydrogen-bond donors (Lipinski definition) is 2. The molecule has 8 heteroatoms. The van der Waals surface area contributed by atoms with Gasteiger partial charge in [0.1, 0.15) is 5.69 Å². The molecule has 2 aromatic rings. The number of rotatable bonds is 6. The van der Waals surface area contributed by atoms with E-state index in [1.54, 1.807) is 0 Å². The van der Waals surface area contributed by atoms with Crippen molar-refractivity contribution in [3.63, 3.8) is 0 Å². The second-order valence-electron chi connectivity index (χ2n) is 6.76. The lowest BCUT2D eigenvalue weighted by atomic mass is 9.98. The molecule has 0 heterocycles. The number of hydrogen-bond acceptors (Lipinski definition) is 6. The van der Waals surface area contributed by atoms with Crippen LogP contribution in [0.25, 0.3) is 0 Å². The lowest BCUT2D eigenvalue weighted by Crippen LogP contribution is -2.30. The highest BCUT2D eigenvalue weighted by Crippen LogP contribution is 2.28. The van der Waals surface area contributed by atoms with Crippen molar-refractivity contribution < 1.29 is 19.2 Å². The zero-order valence-corrected chi connectivity index (χ0v) is 16.2. The maximum Gasteiger partial charge on any atom is 0.339 e. The minimum absolute atomic E-state index is 0.0562. The molecule has 0 aromatic heterocycles. The predicted octanol–water partition coefficient (Wildman–Crippen LogP) is 3.79. The van der Waals surface area contributed by atoms with Crippen molar-refractivity contribution in [2.45, 2.75) is 39.7 Å². The number of nitrogens with one attached hydrogen (secondary N) is 1. The Morgan fingerprint density at radius 2 is 1.86 bits per heavy atom. The predicted molar refractivity (Wildman–Crippen MR) is 106 cm³/mol. The molecule has 0 spiro atoms. The molecule has 0 fully saturated rings. The Morgan fingerprint density at radius 1 is 1.18 bits per heavy atom. The van der Waals surface area contributed by atoms with Crippen LogP contribution in [-0.4, -0.2) is 22.9 Å². The topological polar surface area (TPSA) is 125 Å². The summed E-state index contributed by atoms with van der Waals surface area (Å²) in [5.74, 6) is -1.14. The third-order valence-electron chi connectivity index (χ3n) is 4.29. The van der Waals surface area contributed by atoms with E-state index >= 15 is 0 Å². The molecule has 0 radical (unpaired) electrons. The fourth-order valence-electron chi connectivity index (χ4n) is 2.68. The van der Waals surface area contributed by atoms with Gasteiger partial charge in [0.25, 0.3) is 11.6 Å². The normalized spacial score (nSPS) is 11.8. The van der Waals surface area contributed by atoms with Crippen molar-refractivity contribution in [1.29, 1.82) is 0 Å². The van der Waals surface area contributed by atoms with Crippen LogP contribution in [0, 0.1) is 17.0 Å². The van der Waals surface area contributed by atoms with Crippen LogP contribution in [0.1, 0.15) is 48.2 Å². The molecule has 1 atom stereocenters. The molecule has 1 amide bonds. The van der Waals surface area contributed by atoms with E-state index in [0.717, 1.165) is 17.2 Å². The van der Waals surface area contributed by atoms with Gasteiger partial charge < -0.3 is 15.8 Å². The van der Waals surface area contributed by atoms with Crippen LogP contribution >= 0.6 is 0 Å². The van der Waals surface area contributed by atoms with Gasteiger partial charge in [-0.1, -0.05) is 32.0 Å². The number of carbonyl (C=O) groups excluding carboxylic acids is 2. The lowest BCUT2D eigenvalue weighted by molar-refractivity contribution is -0.383. The van der Waals surface area contributed by atoms with Crippen molar-refractivity contribution in [3.8, 4) is 0 Å². The molecule has 3 N–H and O–H groups in total.